The fraction of sp³-hybridized carbons (Fsp3) is 0.818. The maximum atomic E-state index is 11.7. The van der Waals surface area contributed by atoms with Gasteiger partial charge >= 0.3 is 0 Å². The first-order valence-corrected chi connectivity index (χ1v) is 5.60. The molecule has 0 saturated heterocycles. The second-order valence-corrected chi connectivity index (χ2v) is 3.41. The lowest BCUT2D eigenvalue weighted by molar-refractivity contribution is -0.131. The highest BCUT2D eigenvalue weighted by Gasteiger charge is 2.15. The highest BCUT2D eigenvalue weighted by Crippen LogP contribution is 1.98. The lowest BCUT2D eigenvalue weighted by Crippen LogP contribution is -2.37. The van der Waals surface area contributed by atoms with E-state index in [1.165, 1.54) is 0 Å². The number of rotatable bonds is 7. The number of amides is 1. The maximum absolute atomic E-state index is 11.7. The Morgan fingerprint density at radius 3 is 2.40 bits per heavy atom. The van der Waals surface area contributed by atoms with Crippen molar-refractivity contribution in [2.24, 2.45) is 0 Å². The van der Waals surface area contributed by atoms with E-state index >= 15 is 0 Å². The molecule has 86 valence electrons. The fourth-order valence-electron chi connectivity index (χ4n) is 1.36. The molecule has 0 aliphatic rings. The summed E-state index contributed by atoms with van der Waals surface area (Å²) in [5.74, 6) is 0.0511. The molecule has 0 aromatic heterocycles. The molecule has 0 spiro atoms. The van der Waals surface area contributed by atoms with Gasteiger partial charge in [-0.2, -0.15) is 5.26 Å². The molecule has 0 aliphatic carbocycles. The average molecular weight is 211 g/mol. The van der Waals surface area contributed by atoms with Crippen LogP contribution in [0.15, 0.2) is 0 Å². The summed E-state index contributed by atoms with van der Waals surface area (Å²) in [4.78, 5) is 13.4. The average Bonchev–Trinajstić information content (AvgIpc) is 2.25. The summed E-state index contributed by atoms with van der Waals surface area (Å²) in [6.45, 7) is 8.13. The molecule has 0 aliphatic heterocycles. The van der Waals surface area contributed by atoms with Crippen LogP contribution < -0.4 is 5.32 Å². The van der Waals surface area contributed by atoms with Crippen molar-refractivity contribution in [3.8, 4) is 6.07 Å². The van der Waals surface area contributed by atoms with Crippen molar-refractivity contribution in [2.45, 2.75) is 39.7 Å². The number of nitriles is 1. The van der Waals surface area contributed by atoms with Crippen molar-refractivity contribution in [1.82, 2.24) is 10.2 Å². The monoisotopic (exact) mass is 211 g/mol. The number of nitrogens with zero attached hydrogens (tertiary/aromatic N) is 2. The number of hydrogen-bond donors (Lipinski definition) is 1. The van der Waals surface area contributed by atoms with E-state index in [1.807, 2.05) is 20.8 Å². The lowest BCUT2D eigenvalue weighted by atomic mass is 10.2. The van der Waals surface area contributed by atoms with Gasteiger partial charge in [0.25, 0.3) is 0 Å². The molecule has 4 heteroatoms. The first-order valence-electron chi connectivity index (χ1n) is 5.60. The van der Waals surface area contributed by atoms with Gasteiger partial charge in [-0.25, -0.2) is 0 Å². The third kappa shape index (κ3) is 5.38. The largest absolute Gasteiger partial charge is 0.343 e. The van der Waals surface area contributed by atoms with Gasteiger partial charge in [-0.3, -0.25) is 4.79 Å². The SMILES string of the molecule is CCCNC(C#N)CC(=O)N(CC)CC. The second-order valence-electron chi connectivity index (χ2n) is 3.41. The Labute approximate surface area is 92.3 Å². The normalized spacial score (nSPS) is 11.9. The van der Waals surface area contributed by atoms with Crippen LogP contribution in [0.25, 0.3) is 0 Å². The van der Waals surface area contributed by atoms with Crippen LogP contribution in [0.1, 0.15) is 33.6 Å². The first-order chi connectivity index (χ1) is 7.19. The minimum atomic E-state index is -0.349. The van der Waals surface area contributed by atoms with Crippen molar-refractivity contribution in [3.05, 3.63) is 0 Å². The van der Waals surface area contributed by atoms with E-state index in [1.54, 1.807) is 4.90 Å². The molecule has 1 amide bonds. The summed E-state index contributed by atoms with van der Waals surface area (Å²) in [6, 6.07) is 1.76. The van der Waals surface area contributed by atoms with Gasteiger partial charge in [0.05, 0.1) is 12.5 Å². The summed E-state index contributed by atoms with van der Waals surface area (Å²) >= 11 is 0. The van der Waals surface area contributed by atoms with Crippen LogP contribution in [-0.2, 0) is 4.79 Å². The van der Waals surface area contributed by atoms with Gasteiger partial charge in [0.1, 0.15) is 6.04 Å². The maximum Gasteiger partial charge on any atom is 0.225 e. The molecule has 0 fully saturated rings. The molecule has 1 atom stereocenters. The Kier molecular flexibility index (Phi) is 7.65. The second kappa shape index (κ2) is 8.25. The fourth-order valence-corrected chi connectivity index (χ4v) is 1.36. The molecular formula is C11H21N3O. The van der Waals surface area contributed by atoms with Gasteiger partial charge < -0.3 is 10.2 Å². The Balaban J connectivity index is 4.06. The molecule has 0 saturated carbocycles. The number of carbonyl (C=O) groups is 1. The van der Waals surface area contributed by atoms with Crippen molar-refractivity contribution < 1.29 is 4.79 Å². The van der Waals surface area contributed by atoms with Gasteiger partial charge in [-0.15, -0.1) is 0 Å². The smallest absolute Gasteiger partial charge is 0.225 e. The van der Waals surface area contributed by atoms with E-state index < -0.39 is 0 Å². The number of hydrogen-bond acceptors (Lipinski definition) is 3. The zero-order valence-corrected chi connectivity index (χ0v) is 9.92. The molecule has 0 aromatic carbocycles. The van der Waals surface area contributed by atoms with E-state index in [9.17, 15) is 4.79 Å². The van der Waals surface area contributed by atoms with Crippen molar-refractivity contribution in [2.75, 3.05) is 19.6 Å². The van der Waals surface area contributed by atoms with E-state index in [0.29, 0.717) is 13.1 Å². The molecule has 0 rings (SSSR count). The Bertz CT molecular complexity index is 218. The molecule has 0 radical (unpaired) electrons. The third-order valence-electron chi connectivity index (χ3n) is 2.29. The predicted octanol–water partition coefficient (Wildman–Crippen LogP) is 1.14. The van der Waals surface area contributed by atoms with Crippen LogP contribution in [0.3, 0.4) is 0 Å². The predicted molar refractivity (Wildman–Crippen MR) is 60.2 cm³/mol. The molecule has 0 aromatic rings. The zero-order valence-electron chi connectivity index (χ0n) is 9.92. The van der Waals surface area contributed by atoms with E-state index in [-0.39, 0.29) is 18.4 Å². The van der Waals surface area contributed by atoms with E-state index in [2.05, 4.69) is 11.4 Å². The topological polar surface area (TPSA) is 56.1 Å². The quantitative estimate of drug-likeness (QED) is 0.687. The van der Waals surface area contributed by atoms with Crippen LogP contribution in [0, 0.1) is 11.3 Å². The van der Waals surface area contributed by atoms with Crippen molar-refractivity contribution in [3.63, 3.8) is 0 Å². The van der Waals surface area contributed by atoms with Crippen LogP contribution in [0.2, 0.25) is 0 Å². The van der Waals surface area contributed by atoms with Gasteiger partial charge in [-0.05, 0) is 26.8 Å². The summed E-state index contributed by atoms with van der Waals surface area (Å²) in [5, 5.41) is 11.9. The van der Waals surface area contributed by atoms with Crippen LogP contribution in [-0.4, -0.2) is 36.5 Å². The highest BCUT2D eigenvalue weighted by molar-refractivity contribution is 5.77. The highest BCUT2D eigenvalue weighted by atomic mass is 16.2. The molecule has 4 nitrogen and oxygen atoms in total. The van der Waals surface area contributed by atoms with Crippen LogP contribution >= 0.6 is 0 Å². The lowest BCUT2D eigenvalue weighted by Gasteiger charge is -2.20. The van der Waals surface area contributed by atoms with Crippen molar-refractivity contribution in [1.29, 1.82) is 5.26 Å². The van der Waals surface area contributed by atoms with Gasteiger partial charge in [0.15, 0.2) is 0 Å². The van der Waals surface area contributed by atoms with Gasteiger partial charge in [0.2, 0.25) is 5.91 Å². The van der Waals surface area contributed by atoms with Gasteiger partial charge in [-0.1, -0.05) is 6.92 Å². The zero-order chi connectivity index (χ0) is 11.7. The molecule has 1 unspecified atom stereocenters. The Hall–Kier alpha value is -1.08. The number of carbonyl (C=O) groups excluding carboxylic acids is 1. The minimum absolute atomic E-state index is 0.0511. The van der Waals surface area contributed by atoms with Crippen LogP contribution in [0.5, 0.6) is 0 Å². The summed E-state index contributed by atoms with van der Waals surface area (Å²) in [7, 11) is 0. The minimum Gasteiger partial charge on any atom is -0.343 e. The third-order valence-corrected chi connectivity index (χ3v) is 2.29. The molecular weight excluding hydrogens is 190 g/mol. The molecule has 0 heterocycles. The van der Waals surface area contributed by atoms with Crippen molar-refractivity contribution >= 4 is 5.91 Å². The Morgan fingerprint density at radius 1 is 1.40 bits per heavy atom. The van der Waals surface area contributed by atoms with Gasteiger partial charge in [0, 0.05) is 13.1 Å². The molecule has 0 bridgehead atoms. The molecule has 15 heavy (non-hydrogen) atoms. The van der Waals surface area contributed by atoms with E-state index in [0.717, 1.165) is 13.0 Å². The first kappa shape index (κ1) is 13.9. The summed E-state index contributed by atoms with van der Waals surface area (Å²) < 4.78 is 0. The van der Waals surface area contributed by atoms with E-state index in [4.69, 9.17) is 5.26 Å². The Morgan fingerprint density at radius 2 is 2.00 bits per heavy atom. The summed E-state index contributed by atoms with van der Waals surface area (Å²) in [6.07, 6.45) is 1.25. The standard InChI is InChI=1S/C11H21N3O/c1-4-7-13-10(9-12)8-11(15)14(5-2)6-3/h10,13H,4-8H2,1-3H3. The molecule has 1 N–H and O–H groups in total. The summed E-state index contributed by atoms with van der Waals surface area (Å²) in [5.41, 5.74) is 0. The number of nitrogens with one attached hydrogen (secondary N) is 1. The van der Waals surface area contributed by atoms with Crippen LogP contribution in [0.4, 0.5) is 0 Å².